The molecule has 0 fully saturated rings. The molecule has 0 unspecified atom stereocenters. The Morgan fingerprint density at radius 1 is 0.862 bits per heavy atom. The fourth-order valence-corrected chi connectivity index (χ4v) is 2.78. The van der Waals surface area contributed by atoms with Gasteiger partial charge in [0.15, 0.2) is 0 Å². The Kier molecular flexibility index (Phi) is 6.84. The second-order valence-electron chi connectivity index (χ2n) is 6.42. The van der Waals surface area contributed by atoms with Crippen LogP contribution in [0.25, 0.3) is 0 Å². The van der Waals surface area contributed by atoms with Gasteiger partial charge in [-0.2, -0.15) is 0 Å². The van der Waals surface area contributed by atoms with Gasteiger partial charge in [0.05, 0.1) is 24.4 Å². The zero-order valence-corrected chi connectivity index (χ0v) is 15.9. The van der Waals surface area contributed by atoms with Crippen molar-refractivity contribution in [2.75, 3.05) is 23.8 Å². The van der Waals surface area contributed by atoms with Crippen molar-refractivity contribution in [3.8, 4) is 5.75 Å². The van der Waals surface area contributed by atoms with E-state index in [1.54, 1.807) is 24.3 Å². The van der Waals surface area contributed by atoms with E-state index in [1.807, 2.05) is 42.5 Å². The lowest BCUT2D eigenvalue weighted by Gasteiger charge is -2.11. The molecular formula is C23H23N3O3. The van der Waals surface area contributed by atoms with Crippen molar-refractivity contribution in [1.29, 1.82) is 0 Å². The van der Waals surface area contributed by atoms with Crippen LogP contribution in [0.5, 0.6) is 5.75 Å². The Morgan fingerprint density at radius 3 is 2.28 bits per heavy atom. The quantitative estimate of drug-likeness (QED) is 0.522. The fraction of sp³-hybridized carbons (Fsp3) is 0.130. The summed E-state index contributed by atoms with van der Waals surface area (Å²) in [6.07, 6.45) is 0.841. The highest BCUT2D eigenvalue weighted by Gasteiger charge is 2.10. The van der Waals surface area contributed by atoms with Crippen LogP contribution in [0, 0.1) is 0 Å². The normalized spacial score (nSPS) is 10.2. The maximum absolute atomic E-state index is 12.2. The van der Waals surface area contributed by atoms with Gasteiger partial charge in [-0.25, -0.2) is 0 Å². The molecule has 6 heteroatoms. The predicted molar refractivity (Wildman–Crippen MR) is 114 cm³/mol. The molecule has 0 aliphatic rings. The first-order valence-corrected chi connectivity index (χ1v) is 9.31. The number of rotatable bonds is 9. The maximum atomic E-state index is 12.2. The molecule has 6 nitrogen and oxygen atoms in total. The minimum Gasteiger partial charge on any atom is -0.493 e. The molecule has 4 N–H and O–H groups in total. The Hall–Kier alpha value is -3.80. The van der Waals surface area contributed by atoms with E-state index in [0.29, 0.717) is 12.3 Å². The summed E-state index contributed by atoms with van der Waals surface area (Å²) in [7, 11) is 0. The van der Waals surface area contributed by atoms with Gasteiger partial charge in [-0.3, -0.25) is 9.59 Å². The highest BCUT2D eigenvalue weighted by atomic mass is 16.5. The molecule has 2 amide bonds. The molecule has 0 bridgehead atoms. The minimum atomic E-state index is -0.586. The summed E-state index contributed by atoms with van der Waals surface area (Å²) in [5, 5.41) is 5.73. The van der Waals surface area contributed by atoms with Gasteiger partial charge in [0.25, 0.3) is 5.91 Å². The number of ether oxygens (including phenoxy) is 1. The van der Waals surface area contributed by atoms with E-state index in [4.69, 9.17) is 10.5 Å². The van der Waals surface area contributed by atoms with Gasteiger partial charge >= 0.3 is 0 Å². The zero-order valence-electron chi connectivity index (χ0n) is 15.9. The van der Waals surface area contributed by atoms with Gasteiger partial charge in [0.2, 0.25) is 5.91 Å². The summed E-state index contributed by atoms with van der Waals surface area (Å²) < 4.78 is 5.75. The smallest absolute Gasteiger partial charge is 0.250 e. The van der Waals surface area contributed by atoms with Crippen molar-refractivity contribution in [2.45, 2.75) is 6.42 Å². The van der Waals surface area contributed by atoms with Crippen LogP contribution in [0.1, 0.15) is 15.9 Å². The van der Waals surface area contributed by atoms with E-state index in [0.717, 1.165) is 17.9 Å². The van der Waals surface area contributed by atoms with Crippen LogP contribution in [-0.2, 0) is 11.2 Å². The molecule has 0 radical (unpaired) electrons. The predicted octanol–water partition coefficient (Wildman–Crippen LogP) is 3.46. The van der Waals surface area contributed by atoms with Crippen molar-refractivity contribution in [1.82, 2.24) is 0 Å². The third kappa shape index (κ3) is 6.10. The van der Waals surface area contributed by atoms with Crippen molar-refractivity contribution < 1.29 is 14.3 Å². The summed E-state index contributed by atoms with van der Waals surface area (Å²) in [6.45, 7) is 0.653. The van der Waals surface area contributed by atoms with E-state index in [-0.39, 0.29) is 18.0 Å². The van der Waals surface area contributed by atoms with Crippen LogP contribution in [0.4, 0.5) is 11.4 Å². The molecule has 29 heavy (non-hydrogen) atoms. The maximum Gasteiger partial charge on any atom is 0.250 e. The second kappa shape index (κ2) is 9.94. The Balaban J connectivity index is 1.45. The number of nitrogens with one attached hydrogen (secondary N) is 2. The van der Waals surface area contributed by atoms with Gasteiger partial charge < -0.3 is 21.1 Å². The largest absolute Gasteiger partial charge is 0.493 e. The SMILES string of the molecule is NC(=O)c1ccccc1NC(=O)CNc1ccc(OCCc2ccccc2)cc1. The Labute approximate surface area is 169 Å². The highest BCUT2D eigenvalue weighted by molar-refractivity contribution is 6.03. The molecule has 0 saturated heterocycles. The molecule has 0 heterocycles. The van der Waals surface area contributed by atoms with Gasteiger partial charge in [-0.15, -0.1) is 0 Å². The summed E-state index contributed by atoms with van der Waals surface area (Å²) in [4.78, 5) is 23.6. The zero-order chi connectivity index (χ0) is 20.5. The van der Waals surface area contributed by atoms with Crippen LogP contribution in [0.15, 0.2) is 78.9 Å². The van der Waals surface area contributed by atoms with Crippen molar-refractivity contribution in [3.05, 3.63) is 90.0 Å². The van der Waals surface area contributed by atoms with E-state index in [2.05, 4.69) is 22.8 Å². The molecule has 148 valence electrons. The Morgan fingerprint density at radius 2 is 1.55 bits per heavy atom. The van der Waals surface area contributed by atoms with Gasteiger partial charge in [0, 0.05) is 12.1 Å². The first kappa shape index (κ1) is 19.9. The number of hydrogen-bond donors (Lipinski definition) is 3. The number of para-hydroxylation sites is 1. The third-order valence-electron chi connectivity index (χ3n) is 4.28. The van der Waals surface area contributed by atoms with E-state index >= 15 is 0 Å². The lowest BCUT2D eigenvalue weighted by atomic mass is 10.1. The summed E-state index contributed by atoms with van der Waals surface area (Å²) >= 11 is 0. The third-order valence-corrected chi connectivity index (χ3v) is 4.28. The molecule has 0 atom stereocenters. The van der Waals surface area contributed by atoms with Crippen molar-refractivity contribution in [2.24, 2.45) is 5.73 Å². The number of nitrogens with two attached hydrogens (primary N) is 1. The van der Waals surface area contributed by atoms with E-state index < -0.39 is 5.91 Å². The number of primary amides is 1. The lowest BCUT2D eigenvalue weighted by molar-refractivity contribution is -0.114. The highest BCUT2D eigenvalue weighted by Crippen LogP contribution is 2.17. The first-order chi connectivity index (χ1) is 14.1. The number of hydrogen-bond acceptors (Lipinski definition) is 4. The van der Waals surface area contributed by atoms with Crippen LogP contribution >= 0.6 is 0 Å². The topological polar surface area (TPSA) is 93.5 Å². The average Bonchev–Trinajstić information content (AvgIpc) is 2.74. The number of carbonyl (C=O) groups is 2. The molecule has 3 aromatic carbocycles. The molecular weight excluding hydrogens is 366 g/mol. The standard InChI is InChI=1S/C23H23N3O3/c24-23(28)20-8-4-5-9-21(20)26-22(27)16-25-18-10-12-19(13-11-18)29-15-14-17-6-2-1-3-7-17/h1-13,25H,14-16H2,(H2,24,28)(H,26,27). The van der Waals surface area contributed by atoms with Crippen LogP contribution in [-0.4, -0.2) is 25.0 Å². The number of amides is 2. The fourth-order valence-electron chi connectivity index (χ4n) is 2.78. The molecule has 3 rings (SSSR count). The summed E-state index contributed by atoms with van der Waals surface area (Å²) in [6, 6.07) is 24.2. The number of benzene rings is 3. The van der Waals surface area contributed by atoms with Gasteiger partial charge in [-0.1, -0.05) is 42.5 Å². The van der Waals surface area contributed by atoms with E-state index in [1.165, 1.54) is 5.56 Å². The summed E-state index contributed by atoms with van der Waals surface area (Å²) in [5.74, 6) is -0.0927. The molecule has 0 aromatic heterocycles. The Bertz CT molecular complexity index is 957. The molecule has 0 aliphatic carbocycles. The number of anilines is 2. The first-order valence-electron chi connectivity index (χ1n) is 9.31. The second-order valence-corrected chi connectivity index (χ2v) is 6.42. The van der Waals surface area contributed by atoms with Crippen molar-refractivity contribution in [3.63, 3.8) is 0 Å². The van der Waals surface area contributed by atoms with E-state index in [9.17, 15) is 9.59 Å². The molecule has 0 spiro atoms. The minimum absolute atomic E-state index is 0.0569. The van der Waals surface area contributed by atoms with Gasteiger partial charge in [-0.05, 0) is 42.0 Å². The molecule has 0 saturated carbocycles. The van der Waals surface area contributed by atoms with Crippen molar-refractivity contribution >= 4 is 23.2 Å². The lowest BCUT2D eigenvalue weighted by Crippen LogP contribution is -2.24. The monoisotopic (exact) mass is 389 g/mol. The van der Waals surface area contributed by atoms with Crippen LogP contribution in [0.3, 0.4) is 0 Å². The van der Waals surface area contributed by atoms with Gasteiger partial charge in [0.1, 0.15) is 5.75 Å². The molecule has 0 aliphatic heterocycles. The molecule has 3 aromatic rings. The van der Waals surface area contributed by atoms with Crippen LogP contribution in [0.2, 0.25) is 0 Å². The number of carbonyl (C=O) groups excluding carboxylic acids is 2. The average molecular weight is 389 g/mol. The van der Waals surface area contributed by atoms with Crippen LogP contribution < -0.4 is 21.1 Å². The summed E-state index contributed by atoms with van der Waals surface area (Å²) in [5.41, 5.74) is 8.01.